The van der Waals surface area contributed by atoms with Gasteiger partial charge in [-0.15, -0.1) is 0 Å². The van der Waals surface area contributed by atoms with E-state index >= 15 is 0 Å². The van der Waals surface area contributed by atoms with Crippen molar-refractivity contribution in [3.05, 3.63) is 95.1 Å². The van der Waals surface area contributed by atoms with Gasteiger partial charge in [0.05, 0.1) is 12.7 Å². The molecular formula is C24H24N2O2. The fraction of sp³-hybridized carbons (Fsp3) is 0.208. The van der Waals surface area contributed by atoms with Crippen LogP contribution < -0.4 is 15.0 Å². The number of carbonyl (C=O) groups excluding carboxylic acids is 1. The standard InChI is InChI=1S/C24H24N2O2/c1-28-21-12-10-18(11-13-21)16-25-24(27)22-8-4-5-9-23(22)26-15-14-19-6-2-3-7-20(19)17-26/h2-13H,14-17H2,1H3,(H,25,27). The molecule has 3 aromatic rings. The summed E-state index contributed by atoms with van der Waals surface area (Å²) in [5.41, 5.74) is 5.49. The van der Waals surface area contributed by atoms with Crippen molar-refractivity contribution in [2.24, 2.45) is 0 Å². The smallest absolute Gasteiger partial charge is 0.253 e. The van der Waals surface area contributed by atoms with Gasteiger partial charge < -0.3 is 15.0 Å². The van der Waals surface area contributed by atoms with Crippen molar-refractivity contribution in [2.45, 2.75) is 19.5 Å². The van der Waals surface area contributed by atoms with Crippen LogP contribution in [0.3, 0.4) is 0 Å². The first-order chi connectivity index (χ1) is 13.7. The highest BCUT2D eigenvalue weighted by Gasteiger charge is 2.20. The molecule has 0 unspecified atom stereocenters. The van der Waals surface area contributed by atoms with Crippen molar-refractivity contribution in [2.75, 3.05) is 18.6 Å². The summed E-state index contributed by atoms with van der Waals surface area (Å²) in [5, 5.41) is 3.04. The summed E-state index contributed by atoms with van der Waals surface area (Å²) in [5.74, 6) is 0.760. The van der Waals surface area contributed by atoms with Gasteiger partial charge in [-0.1, -0.05) is 48.5 Å². The number of hydrogen-bond donors (Lipinski definition) is 1. The number of nitrogens with zero attached hydrogens (tertiary/aromatic N) is 1. The minimum Gasteiger partial charge on any atom is -0.497 e. The summed E-state index contributed by atoms with van der Waals surface area (Å²) in [4.78, 5) is 15.2. The zero-order chi connectivity index (χ0) is 19.3. The number of ether oxygens (including phenoxy) is 1. The quantitative estimate of drug-likeness (QED) is 0.730. The normalized spacial score (nSPS) is 13.0. The Kier molecular flexibility index (Phi) is 5.29. The first-order valence-corrected chi connectivity index (χ1v) is 9.56. The molecule has 0 saturated heterocycles. The predicted octanol–water partition coefficient (Wildman–Crippen LogP) is 4.19. The second-order valence-electron chi connectivity index (χ2n) is 6.99. The second-order valence-corrected chi connectivity index (χ2v) is 6.99. The SMILES string of the molecule is COc1ccc(CNC(=O)c2ccccc2N2CCc3ccccc3C2)cc1. The molecule has 0 aromatic heterocycles. The van der Waals surface area contributed by atoms with Crippen molar-refractivity contribution >= 4 is 11.6 Å². The van der Waals surface area contributed by atoms with Crippen LogP contribution in [-0.4, -0.2) is 19.6 Å². The minimum atomic E-state index is -0.0507. The van der Waals surface area contributed by atoms with Gasteiger partial charge in [-0.05, 0) is 47.4 Å². The van der Waals surface area contributed by atoms with Gasteiger partial charge in [0.2, 0.25) is 0 Å². The Morgan fingerprint density at radius 2 is 1.68 bits per heavy atom. The summed E-state index contributed by atoms with van der Waals surface area (Å²) in [6.45, 7) is 2.23. The summed E-state index contributed by atoms with van der Waals surface area (Å²) in [6, 6.07) is 24.1. The topological polar surface area (TPSA) is 41.6 Å². The molecule has 1 heterocycles. The molecular weight excluding hydrogens is 348 g/mol. The molecule has 0 radical (unpaired) electrons. The zero-order valence-electron chi connectivity index (χ0n) is 16.0. The van der Waals surface area contributed by atoms with Crippen molar-refractivity contribution in [1.82, 2.24) is 5.32 Å². The van der Waals surface area contributed by atoms with E-state index in [0.717, 1.165) is 42.1 Å². The molecule has 1 N–H and O–H groups in total. The van der Waals surface area contributed by atoms with E-state index in [-0.39, 0.29) is 5.91 Å². The summed E-state index contributed by atoms with van der Waals surface area (Å²) >= 11 is 0. The van der Waals surface area contributed by atoms with Crippen LogP contribution in [0.4, 0.5) is 5.69 Å². The first-order valence-electron chi connectivity index (χ1n) is 9.56. The van der Waals surface area contributed by atoms with Crippen LogP contribution in [0.2, 0.25) is 0 Å². The number of benzene rings is 3. The summed E-state index contributed by atoms with van der Waals surface area (Å²) < 4.78 is 5.18. The van der Waals surface area contributed by atoms with Gasteiger partial charge in [0.1, 0.15) is 5.75 Å². The Morgan fingerprint density at radius 1 is 0.964 bits per heavy atom. The Morgan fingerprint density at radius 3 is 2.46 bits per heavy atom. The third-order valence-electron chi connectivity index (χ3n) is 5.23. The van der Waals surface area contributed by atoms with E-state index in [1.54, 1.807) is 7.11 Å². The number of para-hydroxylation sites is 1. The molecule has 0 atom stereocenters. The largest absolute Gasteiger partial charge is 0.497 e. The monoisotopic (exact) mass is 372 g/mol. The maximum atomic E-state index is 12.9. The first kappa shape index (κ1) is 18.1. The molecule has 0 aliphatic carbocycles. The molecule has 4 heteroatoms. The van der Waals surface area contributed by atoms with E-state index < -0.39 is 0 Å². The second kappa shape index (κ2) is 8.17. The van der Waals surface area contributed by atoms with Gasteiger partial charge in [0, 0.05) is 25.3 Å². The fourth-order valence-corrected chi connectivity index (χ4v) is 3.66. The molecule has 0 spiro atoms. The highest BCUT2D eigenvalue weighted by Crippen LogP contribution is 2.27. The molecule has 28 heavy (non-hydrogen) atoms. The number of hydrogen-bond acceptors (Lipinski definition) is 3. The highest BCUT2D eigenvalue weighted by atomic mass is 16.5. The third-order valence-corrected chi connectivity index (χ3v) is 5.23. The minimum absolute atomic E-state index is 0.0507. The van der Waals surface area contributed by atoms with Crippen molar-refractivity contribution in [3.63, 3.8) is 0 Å². The van der Waals surface area contributed by atoms with E-state index in [1.807, 2.05) is 48.5 Å². The molecule has 4 rings (SSSR count). The Balaban J connectivity index is 1.48. The van der Waals surface area contributed by atoms with Gasteiger partial charge in [-0.3, -0.25) is 4.79 Å². The van der Waals surface area contributed by atoms with Gasteiger partial charge >= 0.3 is 0 Å². The lowest BCUT2D eigenvalue weighted by Gasteiger charge is -2.32. The predicted molar refractivity (Wildman–Crippen MR) is 112 cm³/mol. The highest BCUT2D eigenvalue weighted by molar-refractivity contribution is 5.99. The third kappa shape index (κ3) is 3.86. The number of carbonyl (C=O) groups is 1. The lowest BCUT2D eigenvalue weighted by atomic mass is 9.98. The number of rotatable bonds is 5. The van der Waals surface area contributed by atoms with E-state index in [0.29, 0.717) is 6.54 Å². The van der Waals surface area contributed by atoms with Crippen LogP contribution in [-0.2, 0) is 19.5 Å². The molecule has 142 valence electrons. The van der Waals surface area contributed by atoms with Crippen LogP contribution in [0.25, 0.3) is 0 Å². The molecule has 4 nitrogen and oxygen atoms in total. The number of anilines is 1. The summed E-state index contributed by atoms with van der Waals surface area (Å²) in [7, 11) is 1.65. The Bertz CT molecular complexity index is 966. The lowest BCUT2D eigenvalue weighted by molar-refractivity contribution is 0.0951. The molecule has 1 aliphatic heterocycles. The van der Waals surface area contributed by atoms with E-state index in [1.165, 1.54) is 11.1 Å². The fourth-order valence-electron chi connectivity index (χ4n) is 3.66. The van der Waals surface area contributed by atoms with Crippen LogP contribution in [0.5, 0.6) is 5.75 Å². The lowest BCUT2D eigenvalue weighted by Crippen LogP contribution is -2.33. The van der Waals surface area contributed by atoms with Crippen LogP contribution >= 0.6 is 0 Å². The number of fused-ring (bicyclic) bond motifs is 1. The zero-order valence-corrected chi connectivity index (χ0v) is 16.0. The average Bonchev–Trinajstić information content (AvgIpc) is 2.77. The average molecular weight is 372 g/mol. The number of methoxy groups -OCH3 is 1. The van der Waals surface area contributed by atoms with Crippen molar-refractivity contribution in [1.29, 1.82) is 0 Å². The van der Waals surface area contributed by atoms with E-state index in [4.69, 9.17) is 4.74 Å². The van der Waals surface area contributed by atoms with Crippen LogP contribution in [0.15, 0.2) is 72.8 Å². The molecule has 1 amide bonds. The van der Waals surface area contributed by atoms with E-state index in [2.05, 4.69) is 34.5 Å². The number of amides is 1. The van der Waals surface area contributed by atoms with Gasteiger partial charge in [-0.2, -0.15) is 0 Å². The Hall–Kier alpha value is -3.27. The molecule has 3 aromatic carbocycles. The van der Waals surface area contributed by atoms with E-state index in [9.17, 15) is 4.79 Å². The van der Waals surface area contributed by atoms with Gasteiger partial charge in [-0.25, -0.2) is 0 Å². The summed E-state index contributed by atoms with van der Waals surface area (Å²) in [6.07, 6.45) is 0.998. The van der Waals surface area contributed by atoms with Crippen molar-refractivity contribution in [3.8, 4) is 5.75 Å². The molecule has 0 fully saturated rings. The molecule has 1 aliphatic rings. The van der Waals surface area contributed by atoms with Crippen molar-refractivity contribution < 1.29 is 9.53 Å². The Labute approximate surface area is 165 Å². The maximum Gasteiger partial charge on any atom is 0.253 e. The van der Waals surface area contributed by atoms with Gasteiger partial charge in [0.15, 0.2) is 0 Å². The maximum absolute atomic E-state index is 12.9. The molecule has 0 saturated carbocycles. The number of nitrogens with one attached hydrogen (secondary N) is 1. The van der Waals surface area contributed by atoms with Crippen LogP contribution in [0.1, 0.15) is 27.0 Å². The van der Waals surface area contributed by atoms with Crippen LogP contribution in [0, 0.1) is 0 Å². The van der Waals surface area contributed by atoms with Gasteiger partial charge in [0.25, 0.3) is 5.91 Å². The molecule has 0 bridgehead atoms.